The Bertz CT molecular complexity index is 1100. The third kappa shape index (κ3) is 7.67. The predicted octanol–water partition coefficient (Wildman–Crippen LogP) is 4.79. The molecule has 6 heteroatoms. The molecule has 0 saturated heterocycles. The summed E-state index contributed by atoms with van der Waals surface area (Å²) in [4.78, 5) is 28.5. The molecule has 0 radical (unpaired) electrons. The fraction of sp³-hybridized carbons (Fsp3) is 0.310. The van der Waals surface area contributed by atoms with E-state index in [1.54, 1.807) is 37.4 Å². The van der Waals surface area contributed by atoms with E-state index in [4.69, 9.17) is 4.74 Å². The van der Waals surface area contributed by atoms with Gasteiger partial charge in [-0.2, -0.15) is 0 Å². The van der Waals surface area contributed by atoms with Gasteiger partial charge in [-0.25, -0.2) is 4.39 Å². The van der Waals surface area contributed by atoms with Crippen LogP contribution in [0.5, 0.6) is 5.75 Å². The quantitative estimate of drug-likeness (QED) is 0.433. The maximum absolute atomic E-state index is 14.6. The lowest BCUT2D eigenvalue weighted by atomic mass is 10.0. The summed E-state index contributed by atoms with van der Waals surface area (Å²) in [5.74, 6) is 0.0441. The Hall–Kier alpha value is -3.67. The van der Waals surface area contributed by atoms with Crippen LogP contribution in [-0.4, -0.2) is 36.4 Å². The van der Waals surface area contributed by atoms with Crippen LogP contribution in [0.2, 0.25) is 0 Å². The number of hydrogen-bond donors (Lipinski definition) is 1. The number of methoxy groups -OCH3 is 1. The number of nitrogens with one attached hydrogen (secondary N) is 1. The van der Waals surface area contributed by atoms with Gasteiger partial charge < -0.3 is 15.0 Å². The minimum atomic E-state index is -0.790. The van der Waals surface area contributed by atoms with E-state index < -0.39 is 11.9 Å². The standard InChI is InChI=1S/C29H33FN2O3/c1-21(2)19-31-29(34)27(17-22-9-5-4-6-10-22)32(20-24-11-7-8-12-26(24)30)28(33)18-23-13-15-25(35-3)16-14-23/h4-16,21,27H,17-20H2,1-3H3,(H,31,34). The van der Waals surface area contributed by atoms with E-state index in [0.717, 1.165) is 11.1 Å². The van der Waals surface area contributed by atoms with Crippen LogP contribution in [0.25, 0.3) is 0 Å². The summed E-state index contributed by atoms with van der Waals surface area (Å²) in [5, 5.41) is 2.97. The first-order chi connectivity index (χ1) is 16.9. The highest BCUT2D eigenvalue weighted by Gasteiger charge is 2.31. The van der Waals surface area contributed by atoms with E-state index in [-0.39, 0.29) is 30.7 Å². The van der Waals surface area contributed by atoms with Crippen molar-refractivity contribution in [3.8, 4) is 5.75 Å². The Balaban J connectivity index is 1.95. The summed E-state index contributed by atoms with van der Waals surface area (Å²) in [5.41, 5.74) is 2.08. The molecule has 3 aromatic carbocycles. The number of carbonyl (C=O) groups is 2. The van der Waals surface area contributed by atoms with E-state index >= 15 is 0 Å². The van der Waals surface area contributed by atoms with Crippen LogP contribution in [-0.2, 0) is 29.0 Å². The molecule has 0 aliphatic rings. The molecule has 3 rings (SSSR count). The lowest BCUT2D eigenvalue weighted by molar-refractivity contribution is -0.140. The fourth-order valence-corrected chi connectivity index (χ4v) is 3.81. The van der Waals surface area contributed by atoms with Gasteiger partial charge in [-0.15, -0.1) is 0 Å². The number of ether oxygens (including phenoxy) is 1. The lowest BCUT2D eigenvalue weighted by Crippen LogP contribution is -2.51. The van der Waals surface area contributed by atoms with Crippen molar-refractivity contribution in [3.05, 3.63) is 101 Å². The smallest absolute Gasteiger partial charge is 0.243 e. The molecule has 184 valence electrons. The molecule has 0 fully saturated rings. The average molecular weight is 477 g/mol. The van der Waals surface area contributed by atoms with Crippen LogP contribution in [0, 0.1) is 11.7 Å². The van der Waals surface area contributed by atoms with E-state index in [1.807, 2.05) is 56.3 Å². The van der Waals surface area contributed by atoms with Gasteiger partial charge in [0.1, 0.15) is 17.6 Å². The van der Waals surface area contributed by atoms with Gasteiger partial charge in [0.05, 0.1) is 13.5 Å². The van der Waals surface area contributed by atoms with Crippen molar-refractivity contribution in [2.24, 2.45) is 5.92 Å². The number of benzene rings is 3. The van der Waals surface area contributed by atoms with Gasteiger partial charge in [0.25, 0.3) is 0 Å². The normalized spacial score (nSPS) is 11.7. The topological polar surface area (TPSA) is 58.6 Å². The predicted molar refractivity (Wildman–Crippen MR) is 135 cm³/mol. The summed E-state index contributed by atoms with van der Waals surface area (Å²) < 4.78 is 19.8. The molecule has 3 aromatic rings. The highest BCUT2D eigenvalue weighted by Crippen LogP contribution is 2.19. The Morgan fingerprint density at radius 3 is 2.20 bits per heavy atom. The van der Waals surface area contributed by atoms with Crippen LogP contribution in [0.15, 0.2) is 78.9 Å². The van der Waals surface area contributed by atoms with Crippen molar-refractivity contribution < 1.29 is 18.7 Å². The van der Waals surface area contributed by atoms with Crippen LogP contribution < -0.4 is 10.1 Å². The molecule has 0 saturated carbocycles. The van der Waals surface area contributed by atoms with Crippen molar-refractivity contribution in [1.29, 1.82) is 0 Å². The van der Waals surface area contributed by atoms with Gasteiger partial charge in [0, 0.05) is 25.1 Å². The van der Waals surface area contributed by atoms with E-state index in [9.17, 15) is 14.0 Å². The van der Waals surface area contributed by atoms with Crippen LogP contribution in [0.4, 0.5) is 4.39 Å². The van der Waals surface area contributed by atoms with Crippen LogP contribution in [0.3, 0.4) is 0 Å². The SMILES string of the molecule is COc1ccc(CC(=O)N(Cc2ccccc2F)C(Cc2ccccc2)C(=O)NCC(C)C)cc1. The maximum atomic E-state index is 14.6. The number of halogens is 1. The molecular formula is C29H33FN2O3. The van der Waals surface area contributed by atoms with Gasteiger partial charge >= 0.3 is 0 Å². The van der Waals surface area contributed by atoms with E-state index in [0.29, 0.717) is 24.3 Å². The van der Waals surface area contributed by atoms with Crippen molar-refractivity contribution in [1.82, 2.24) is 10.2 Å². The maximum Gasteiger partial charge on any atom is 0.243 e. The zero-order valence-electron chi connectivity index (χ0n) is 20.5. The first kappa shape index (κ1) is 25.9. The first-order valence-corrected chi connectivity index (χ1v) is 11.8. The highest BCUT2D eigenvalue weighted by atomic mass is 19.1. The zero-order valence-corrected chi connectivity index (χ0v) is 20.5. The van der Waals surface area contributed by atoms with E-state index in [2.05, 4.69) is 5.32 Å². The molecule has 0 aliphatic carbocycles. The van der Waals surface area contributed by atoms with Crippen LogP contribution in [0.1, 0.15) is 30.5 Å². The number of rotatable bonds is 11. The van der Waals surface area contributed by atoms with Gasteiger partial charge in [-0.1, -0.05) is 74.5 Å². The highest BCUT2D eigenvalue weighted by molar-refractivity contribution is 5.88. The molecule has 0 spiro atoms. The number of nitrogens with zero attached hydrogens (tertiary/aromatic N) is 1. The second-order valence-corrected chi connectivity index (χ2v) is 8.98. The second-order valence-electron chi connectivity index (χ2n) is 8.98. The molecule has 1 N–H and O–H groups in total. The average Bonchev–Trinajstić information content (AvgIpc) is 2.86. The zero-order chi connectivity index (χ0) is 25.2. The Morgan fingerprint density at radius 2 is 1.57 bits per heavy atom. The van der Waals surface area contributed by atoms with Gasteiger partial charge in [0.2, 0.25) is 11.8 Å². The fourth-order valence-electron chi connectivity index (χ4n) is 3.81. The molecule has 0 bridgehead atoms. The molecular weight excluding hydrogens is 443 g/mol. The molecule has 35 heavy (non-hydrogen) atoms. The van der Waals surface area contributed by atoms with Crippen LogP contribution >= 0.6 is 0 Å². The number of hydrogen-bond acceptors (Lipinski definition) is 3. The largest absolute Gasteiger partial charge is 0.497 e. The van der Waals surface area contributed by atoms with Crippen molar-refractivity contribution >= 4 is 11.8 Å². The minimum absolute atomic E-state index is 0.00569. The van der Waals surface area contributed by atoms with Gasteiger partial charge in [-0.3, -0.25) is 9.59 Å². The van der Waals surface area contributed by atoms with Crippen molar-refractivity contribution in [2.45, 2.75) is 39.3 Å². The number of carbonyl (C=O) groups excluding carboxylic acids is 2. The second kappa shape index (κ2) is 12.7. The molecule has 1 unspecified atom stereocenters. The molecule has 0 aliphatic heterocycles. The van der Waals surface area contributed by atoms with E-state index in [1.165, 1.54) is 11.0 Å². The third-order valence-corrected chi connectivity index (χ3v) is 5.77. The van der Waals surface area contributed by atoms with Crippen molar-refractivity contribution in [3.63, 3.8) is 0 Å². The molecule has 1 atom stereocenters. The molecule has 2 amide bonds. The summed E-state index contributed by atoms with van der Waals surface area (Å²) in [6.07, 6.45) is 0.411. The van der Waals surface area contributed by atoms with Gasteiger partial charge in [0.15, 0.2) is 0 Å². The minimum Gasteiger partial charge on any atom is -0.497 e. The molecule has 5 nitrogen and oxygen atoms in total. The summed E-state index contributed by atoms with van der Waals surface area (Å²) >= 11 is 0. The lowest BCUT2D eigenvalue weighted by Gasteiger charge is -2.32. The Kier molecular flexibility index (Phi) is 9.41. The first-order valence-electron chi connectivity index (χ1n) is 11.8. The molecule has 0 heterocycles. The van der Waals surface area contributed by atoms with Gasteiger partial charge in [-0.05, 0) is 35.2 Å². The molecule has 0 aromatic heterocycles. The Morgan fingerprint density at radius 1 is 0.914 bits per heavy atom. The third-order valence-electron chi connectivity index (χ3n) is 5.77. The van der Waals surface area contributed by atoms with Crippen molar-refractivity contribution in [2.75, 3.05) is 13.7 Å². The monoisotopic (exact) mass is 476 g/mol. The summed E-state index contributed by atoms with van der Waals surface area (Å²) in [6.45, 7) is 4.51. The Labute approximate surface area is 206 Å². The summed E-state index contributed by atoms with van der Waals surface area (Å²) in [6, 6.07) is 22.4. The summed E-state index contributed by atoms with van der Waals surface area (Å²) in [7, 11) is 1.58. The number of amides is 2.